The average Bonchev–Trinajstić information content (AvgIpc) is 2.84. The Kier molecular flexibility index (Phi) is 4.24. The summed E-state index contributed by atoms with van der Waals surface area (Å²) in [4.78, 5) is 37.9. The van der Waals surface area contributed by atoms with Gasteiger partial charge < -0.3 is 4.90 Å². The minimum atomic E-state index is -0.718. The number of nitrogens with zero attached hydrogens (tertiary/aromatic N) is 3. The standard InChI is InChI=1S/C17H12ClN3O4/c1-19(11-6-3-2-4-7-11)15-14(18)16(22)20(17(15)23)12-8-5-9-13(10-12)21(24)25/h2-10H,1H3. The van der Waals surface area contributed by atoms with Crippen LogP contribution in [-0.4, -0.2) is 23.8 Å². The molecule has 3 rings (SSSR count). The molecule has 0 unspecified atom stereocenters. The molecule has 0 saturated carbocycles. The van der Waals surface area contributed by atoms with E-state index in [2.05, 4.69) is 0 Å². The van der Waals surface area contributed by atoms with Crippen LogP contribution < -0.4 is 9.80 Å². The Hall–Kier alpha value is -3.19. The quantitative estimate of drug-likeness (QED) is 0.477. The number of halogens is 1. The highest BCUT2D eigenvalue weighted by molar-refractivity contribution is 6.53. The molecule has 2 aromatic carbocycles. The van der Waals surface area contributed by atoms with Crippen molar-refractivity contribution in [2.24, 2.45) is 0 Å². The van der Waals surface area contributed by atoms with Gasteiger partial charge in [-0.3, -0.25) is 19.7 Å². The normalized spacial score (nSPS) is 14.2. The fourth-order valence-corrected chi connectivity index (χ4v) is 2.84. The van der Waals surface area contributed by atoms with Crippen LogP contribution in [-0.2, 0) is 9.59 Å². The third-order valence-electron chi connectivity index (χ3n) is 3.78. The van der Waals surface area contributed by atoms with E-state index < -0.39 is 16.7 Å². The van der Waals surface area contributed by atoms with Gasteiger partial charge in [0.1, 0.15) is 10.7 Å². The summed E-state index contributed by atoms with van der Waals surface area (Å²) in [5, 5.41) is 10.7. The number of non-ortho nitro benzene ring substituents is 1. The van der Waals surface area contributed by atoms with Gasteiger partial charge in [-0.15, -0.1) is 0 Å². The molecule has 0 aromatic heterocycles. The predicted molar refractivity (Wildman–Crippen MR) is 93.3 cm³/mol. The fourth-order valence-electron chi connectivity index (χ4n) is 2.54. The van der Waals surface area contributed by atoms with E-state index >= 15 is 0 Å². The van der Waals surface area contributed by atoms with E-state index in [4.69, 9.17) is 11.6 Å². The Labute approximate surface area is 147 Å². The minimum absolute atomic E-state index is 0.0179. The molecule has 0 atom stereocenters. The Balaban J connectivity index is 2.00. The molecular weight excluding hydrogens is 346 g/mol. The van der Waals surface area contributed by atoms with E-state index in [-0.39, 0.29) is 22.1 Å². The zero-order valence-corrected chi connectivity index (χ0v) is 13.8. The number of hydrogen-bond acceptors (Lipinski definition) is 5. The smallest absolute Gasteiger partial charge is 0.283 e. The summed E-state index contributed by atoms with van der Waals surface area (Å²) in [6.45, 7) is 0. The van der Waals surface area contributed by atoms with Crippen LogP contribution in [0, 0.1) is 10.1 Å². The molecule has 0 spiro atoms. The number of anilines is 2. The number of para-hydroxylation sites is 1. The van der Waals surface area contributed by atoms with Crippen LogP contribution in [0.5, 0.6) is 0 Å². The van der Waals surface area contributed by atoms with Gasteiger partial charge in [-0.1, -0.05) is 35.9 Å². The summed E-state index contributed by atoms with van der Waals surface area (Å²) in [6, 6.07) is 14.2. The molecule has 25 heavy (non-hydrogen) atoms. The number of rotatable bonds is 4. The van der Waals surface area contributed by atoms with Crippen molar-refractivity contribution in [3.63, 3.8) is 0 Å². The average molecular weight is 358 g/mol. The van der Waals surface area contributed by atoms with E-state index in [1.54, 1.807) is 31.3 Å². The van der Waals surface area contributed by atoms with Gasteiger partial charge >= 0.3 is 0 Å². The lowest BCUT2D eigenvalue weighted by molar-refractivity contribution is -0.384. The van der Waals surface area contributed by atoms with Crippen LogP contribution in [0.25, 0.3) is 0 Å². The van der Waals surface area contributed by atoms with Crippen LogP contribution in [0.2, 0.25) is 0 Å². The summed E-state index contributed by atoms with van der Waals surface area (Å²) >= 11 is 6.11. The molecule has 126 valence electrons. The van der Waals surface area contributed by atoms with Gasteiger partial charge in [0.15, 0.2) is 0 Å². The van der Waals surface area contributed by atoms with Crippen molar-refractivity contribution in [2.45, 2.75) is 0 Å². The van der Waals surface area contributed by atoms with E-state index in [1.165, 1.54) is 23.1 Å². The fraction of sp³-hybridized carbons (Fsp3) is 0.0588. The van der Waals surface area contributed by atoms with E-state index in [0.717, 1.165) is 11.0 Å². The molecule has 8 heteroatoms. The number of hydrogen-bond donors (Lipinski definition) is 0. The Bertz CT molecular complexity index is 911. The van der Waals surface area contributed by atoms with Crippen molar-refractivity contribution in [3.8, 4) is 0 Å². The van der Waals surface area contributed by atoms with Crippen molar-refractivity contribution in [1.82, 2.24) is 0 Å². The second-order valence-electron chi connectivity index (χ2n) is 5.28. The summed E-state index contributed by atoms with van der Waals surface area (Å²) in [5.41, 5.74) is 0.569. The highest BCUT2D eigenvalue weighted by Crippen LogP contribution is 2.33. The van der Waals surface area contributed by atoms with Crippen LogP contribution >= 0.6 is 11.6 Å². The zero-order valence-electron chi connectivity index (χ0n) is 13.0. The Morgan fingerprint density at radius 3 is 2.36 bits per heavy atom. The van der Waals surface area contributed by atoms with Gasteiger partial charge in [0.2, 0.25) is 0 Å². The number of likely N-dealkylation sites (N-methyl/N-ethyl adjacent to an activating group) is 1. The van der Waals surface area contributed by atoms with Crippen LogP contribution in [0.15, 0.2) is 65.3 Å². The number of carbonyl (C=O) groups excluding carboxylic acids is 2. The molecule has 0 saturated heterocycles. The van der Waals surface area contributed by atoms with Gasteiger partial charge in [0.25, 0.3) is 17.5 Å². The minimum Gasteiger partial charge on any atom is -0.339 e. The monoisotopic (exact) mass is 357 g/mol. The first kappa shape index (κ1) is 16.7. The third-order valence-corrected chi connectivity index (χ3v) is 4.12. The Morgan fingerprint density at radius 1 is 1.04 bits per heavy atom. The van der Waals surface area contributed by atoms with Crippen molar-refractivity contribution < 1.29 is 14.5 Å². The maximum Gasteiger partial charge on any atom is 0.283 e. The van der Waals surface area contributed by atoms with Gasteiger partial charge in [-0.05, 0) is 18.2 Å². The summed E-state index contributed by atoms with van der Waals surface area (Å²) in [7, 11) is 1.62. The number of carbonyl (C=O) groups is 2. The molecule has 0 N–H and O–H groups in total. The molecule has 7 nitrogen and oxygen atoms in total. The first-order chi connectivity index (χ1) is 11.9. The molecule has 0 aliphatic carbocycles. The lowest BCUT2D eigenvalue weighted by Gasteiger charge is -2.21. The van der Waals surface area contributed by atoms with Crippen LogP contribution in [0.3, 0.4) is 0 Å². The van der Waals surface area contributed by atoms with Gasteiger partial charge in [-0.2, -0.15) is 0 Å². The van der Waals surface area contributed by atoms with Gasteiger partial charge in [0, 0.05) is 24.9 Å². The van der Waals surface area contributed by atoms with Gasteiger partial charge in [0.05, 0.1) is 10.6 Å². The number of benzene rings is 2. The SMILES string of the molecule is CN(C1=C(Cl)C(=O)N(c2cccc([N+](=O)[O-])c2)C1=O)c1ccccc1. The van der Waals surface area contributed by atoms with Crippen molar-refractivity contribution in [1.29, 1.82) is 0 Å². The first-order valence-corrected chi connectivity index (χ1v) is 7.61. The molecule has 1 aliphatic rings. The first-order valence-electron chi connectivity index (χ1n) is 7.23. The molecule has 2 amide bonds. The molecule has 2 aromatic rings. The lowest BCUT2D eigenvalue weighted by Crippen LogP contribution is -2.34. The molecule has 0 fully saturated rings. The second-order valence-corrected chi connectivity index (χ2v) is 5.66. The third kappa shape index (κ3) is 2.85. The molecular formula is C17H12ClN3O4. The number of amides is 2. The maximum atomic E-state index is 12.8. The van der Waals surface area contributed by atoms with Crippen molar-refractivity contribution >= 4 is 40.5 Å². The predicted octanol–water partition coefficient (Wildman–Crippen LogP) is 3.05. The number of imide groups is 1. The van der Waals surface area contributed by atoms with Crippen molar-refractivity contribution in [3.05, 3.63) is 75.4 Å². The topological polar surface area (TPSA) is 83.8 Å². The molecule has 1 aliphatic heterocycles. The highest BCUT2D eigenvalue weighted by atomic mass is 35.5. The molecule has 0 bridgehead atoms. The number of nitro groups is 1. The molecule has 1 heterocycles. The zero-order chi connectivity index (χ0) is 18.1. The van der Waals surface area contributed by atoms with Gasteiger partial charge in [-0.25, -0.2) is 4.90 Å². The second kappa shape index (κ2) is 6.37. The highest BCUT2D eigenvalue weighted by Gasteiger charge is 2.41. The van der Waals surface area contributed by atoms with E-state index in [1.807, 2.05) is 6.07 Å². The Morgan fingerprint density at radius 2 is 1.72 bits per heavy atom. The summed E-state index contributed by atoms with van der Waals surface area (Å²) in [6.07, 6.45) is 0. The van der Waals surface area contributed by atoms with E-state index in [9.17, 15) is 19.7 Å². The van der Waals surface area contributed by atoms with Crippen molar-refractivity contribution in [2.75, 3.05) is 16.8 Å². The van der Waals surface area contributed by atoms with Crippen LogP contribution in [0.4, 0.5) is 17.1 Å². The summed E-state index contributed by atoms with van der Waals surface area (Å²) < 4.78 is 0. The largest absolute Gasteiger partial charge is 0.339 e. The maximum absolute atomic E-state index is 12.8. The van der Waals surface area contributed by atoms with E-state index in [0.29, 0.717) is 5.69 Å². The van der Waals surface area contributed by atoms with Crippen LogP contribution in [0.1, 0.15) is 0 Å². The summed E-state index contributed by atoms with van der Waals surface area (Å²) in [5.74, 6) is -1.35. The molecule has 0 radical (unpaired) electrons. The number of nitro benzene ring substituents is 1. The lowest BCUT2D eigenvalue weighted by atomic mass is 10.2.